The van der Waals surface area contributed by atoms with Gasteiger partial charge >= 0.3 is 0 Å². The monoisotopic (exact) mass is 199 g/mol. The predicted octanol–water partition coefficient (Wildman–Crippen LogP) is 2.63. The van der Waals surface area contributed by atoms with E-state index in [-0.39, 0.29) is 4.75 Å². The maximum Gasteiger partial charge on any atom is 0.144 e. The molecule has 2 nitrogen and oxygen atoms in total. The fourth-order valence-corrected chi connectivity index (χ4v) is 1.80. The predicted molar refractivity (Wildman–Crippen MR) is 58.3 cm³/mol. The summed E-state index contributed by atoms with van der Waals surface area (Å²) in [4.78, 5) is 0. The number of allylic oxidation sites excluding steroid dienone is 2. The van der Waals surface area contributed by atoms with Crippen molar-refractivity contribution in [3.63, 3.8) is 0 Å². The molecule has 0 aromatic carbocycles. The summed E-state index contributed by atoms with van der Waals surface area (Å²) in [6, 6.07) is 0. The van der Waals surface area contributed by atoms with Crippen LogP contribution in [0.25, 0.3) is 0 Å². The lowest BCUT2D eigenvalue weighted by Gasteiger charge is -2.18. The Labute approximate surface area is 83.5 Å². The first-order valence-electron chi connectivity index (χ1n) is 4.58. The molecule has 0 unspecified atom stereocenters. The molecule has 1 aliphatic carbocycles. The molecule has 0 aliphatic heterocycles. The molecule has 3 heteroatoms. The van der Waals surface area contributed by atoms with Crippen LogP contribution in [0.1, 0.15) is 40.5 Å². The first-order valence-corrected chi connectivity index (χ1v) is 5.68. The molecule has 0 fully saturated rings. The van der Waals surface area contributed by atoms with E-state index in [1.807, 2.05) is 27.7 Å². The van der Waals surface area contributed by atoms with Crippen molar-refractivity contribution in [1.29, 1.82) is 0 Å². The van der Waals surface area contributed by atoms with Crippen LogP contribution < -0.4 is 0 Å². The van der Waals surface area contributed by atoms with Crippen LogP contribution in [0.15, 0.2) is 16.0 Å². The average molecular weight is 199 g/mol. The van der Waals surface area contributed by atoms with Crippen LogP contribution in [0.3, 0.4) is 0 Å². The third-order valence-electron chi connectivity index (χ3n) is 2.00. The molecular weight excluding hydrogens is 182 g/mol. The molecule has 1 aliphatic rings. The summed E-state index contributed by atoms with van der Waals surface area (Å²) in [5.41, 5.74) is 2.21. The normalized spacial score (nSPS) is 23.5. The Morgan fingerprint density at radius 3 is 2.46 bits per heavy atom. The minimum absolute atomic E-state index is 0.240. The molecule has 1 atom stereocenters. The topological polar surface area (TPSA) is 35.4 Å². The third kappa shape index (κ3) is 2.85. The third-order valence-corrected chi connectivity index (χ3v) is 3.44. The van der Waals surface area contributed by atoms with Gasteiger partial charge in [0, 0.05) is 0 Å². The summed E-state index contributed by atoms with van der Waals surface area (Å²) >= 11 is -1.10. The number of hydrogen-bond acceptors (Lipinski definition) is 2. The molecule has 0 amide bonds. The highest BCUT2D eigenvalue weighted by Crippen LogP contribution is 2.22. The van der Waals surface area contributed by atoms with Crippen LogP contribution in [0.4, 0.5) is 0 Å². The van der Waals surface area contributed by atoms with E-state index in [0.29, 0.717) is 0 Å². The summed E-state index contributed by atoms with van der Waals surface area (Å²) in [6.45, 7) is 7.87. The maximum absolute atomic E-state index is 11.7. The average Bonchev–Trinajstić information content (AvgIpc) is 2.34. The Morgan fingerprint density at radius 2 is 2.08 bits per heavy atom. The first-order chi connectivity index (χ1) is 5.91. The molecule has 0 saturated carbocycles. The highest BCUT2D eigenvalue weighted by molar-refractivity contribution is 7.91. The van der Waals surface area contributed by atoms with Crippen molar-refractivity contribution in [1.82, 2.24) is 0 Å². The zero-order valence-electron chi connectivity index (χ0n) is 8.76. The number of rotatable bonds is 1. The van der Waals surface area contributed by atoms with Crippen molar-refractivity contribution in [2.24, 2.45) is 4.40 Å². The Hall–Kier alpha value is -0.280. The van der Waals surface area contributed by atoms with Crippen molar-refractivity contribution in [3.05, 3.63) is 11.6 Å². The van der Waals surface area contributed by atoms with E-state index in [1.165, 1.54) is 5.57 Å². The van der Waals surface area contributed by atoms with Gasteiger partial charge in [-0.05, 0) is 46.1 Å². The second-order valence-corrected chi connectivity index (χ2v) is 6.23. The van der Waals surface area contributed by atoms with Gasteiger partial charge in [-0.1, -0.05) is 10.5 Å². The van der Waals surface area contributed by atoms with Gasteiger partial charge in [-0.3, -0.25) is 0 Å². The smallest absolute Gasteiger partial charge is 0.144 e. The second-order valence-electron chi connectivity index (χ2n) is 4.33. The van der Waals surface area contributed by atoms with E-state index >= 15 is 0 Å². The van der Waals surface area contributed by atoms with Crippen LogP contribution in [-0.4, -0.2) is 15.0 Å². The molecule has 0 N–H and O–H groups in total. The van der Waals surface area contributed by atoms with Gasteiger partial charge in [0.1, 0.15) is 16.1 Å². The van der Waals surface area contributed by atoms with Gasteiger partial charge in [-0.15, -0.1) is 0 Å². The Morgan fingerprint density at radius 1 is 1.46 bits per heavy atom. The summed E-state index contributed by atoms with van der Waals surface area (Å²) in [5, 5.41) is 0. The molecule has 0 aromatic heterocycles. The van der Waals surface area contributed by atoms with E-state index in [2.05, 4.69) is 10.5 Å². The fraction of sp³-hybridized carbons (Fsp3) is 0.700. The highest BCUT2D eigenvalue weighted by Gasteiger charge is 2.27. The lowest BCUT2D eigenvalue weighted by atomic mass is 10.2. The fourth-order valence-electron chi connectivity index (χ4n) is 1.10. The zero-order valence-corrected chi connectivity index (χ0v) is 9.57. The molecule has 0 radical (unpaired) electrons. The largest absolute Gasteiger partial charge is 0.591 e. The van der Waals surface area contributed by atoms with E-state index in [0.717, 1.165) is 18.6 Å². The SMILES string of the molecule is CC1=CCC/C1=N/[S@+]([O-])C(C)(C)C. The van der Waals surface area contributed by atoms with Crippen molar-refractivity contribution >= 4 is 17.1 Å². The summed E-state index contributed by atoms with van der Waals surface area (Å²) in [7, 11) is 0. The van der Waals surface area contributed by atoms with Crippen LogP contribution >= 0.6 is 0 Å². The zero-order chi connectivity index (χ0) is 10.1. The maximum atomic E-state index is 11.7. The van der Waals surface area contributed by atoms with Crippen LogP contribution in [0.5, 0.6) is 0 Å². The Kier molecular flexibility index (Phi) is 3.19. The Bertz CT molecular complexity index is 250. The van der Waals surface area contributed by atoms with Crippen LogP contribution in [0, 0.1) is 0 Å². The van der Waals surface area contributed by atoms with E-state index in [9.17, 15) is 4.55 Å². The van der Waals surface area contributed by atoms with E-state index in [1.54, 1.807) is 0 Å². The molecule has 13 heavy (non-hydrogen) atoms. The lowest BCUT2D eigenvalue weighted by molar-refractivity contribution is 0.561. The highest BCUT2D eigenvalue weighted by atomic mass is 32.2. The standard InChI is InChI=1S/C10H17NOS/c1-8-6-5-7-9(8)11-13(12)10(2,3)4/h6H,5,7H2,1-4H3/b11-9-/t13-/m1/s1. The van der Waals surface area contributed by atoms with Gasteiger partial charge in [-0.25, -0.2) is 0 Å². The van der Waals surface area contributed by atoms with Gasteiger partial charge in [0.2, 0.25) is 0 Å². The molecule has 0 bridgehead atoms. The molecule has 1 rings (SSSR count). The first kappa shape index (κ1) is 10.8. The minimum Gasteiger partial charge on any atom is -0.591 e. The van der Waals surface area contributed by atoms with Crippen molar-refractivity contribution in [3.8, 4) is 0 Å². The number of nitrogens with zero attached hydrogens (tertiary/aromatic N) is 1. The quantitative estimate of drug-likeness (QED) is 0.598. The second kappa shape index (κ2) is 3.84. The lowest BCUT2D eigenvalue weighted by Crippen LogP contribution is -2.26. The molecule has 0 heterocycles. The van der Waals surface area contributed by atoms with E-state index in [4.69, 9.17) is 0 Å². The van der Waals surface area contributed by atoms with Gasteiger partial charge < -0.3 is 4.55 Å². The van der Waals surface area contributed by atoms with Crippen molar-refractivity contribution < 1.29 is 4.55 Å². The minimum atomic E-state index is -1.10. The van der Waals surface area contributed by atoms with Gasteiger partial charge in [0.05, 0.1) is 5.71 Å². The number of hydrogen-bond donors (Lipinski definition) is 0. The van der Waals surface area contributed by atoms with Gasteiger partial charge in [0.25, 0.3) is 0 Å². The summed E-state index contributed by atoms with van der Waals surface area (Å²) < 4.78 is 15.7. The van der Waals surface area contributed by atoms with Crippen LogP contribution in [-0.2, 0) is 11.4 Å². The summed E-state index contributed by atoms with van der Waals surface area (Å²) in [6.07, 6.45) is 4.15. The molecule has 0 spiro atoms. The van der Waals surface area contributed by atoms with Crippen LogP contribution in [0.2, 0.25) is 0 Å². The Balaban J connectivity index is 2.71. The molecular formula is C10H17NOS. The van der Waals surface area contributed by atoms with Crippen molar-refractivity contribution in [2.75, 3.05) is 0 Å². The summed E-state index contributed by atoms with van der Waals surface area (Å²) in [5.74, 6) is 0. The molecule has 0 aromatic rings. The van der Waals surface area contributed by atoms with Gasteiger partial charge in [0.15, 0.2) is 0 Å². The molecule has 74 valence electrons. The van der Waals surface area contributed by atoms with E-state index < -0.39 is 11.4 Å². The van der Waals surface area contributed by atoms with Crippen molar-refractivity contribution in [2.45, 2.75) is 45.3 Å². The molecule has 0 saturated heterocycles. The van der Waals surface area contributed by atoms with Gasteiger partial charge in [-0.2, -0.15) is 0 Å².